The Hall–Kier alpha value is -1.84. The van der Waals surface area contributed by atoms with Gasteiger partial charge < -0.3 is 9.94 Å². The Morgan fingerprint density at radius 2 is 1.44 bits per heavy atom. The number of aryl methyl sites for hydroxylation is 1. The van der Waals surface area contributed by atoms with Crippen molar-refractivity contribution < 1.29 is 9.94 Å². The van der Waals surface area contributed by atoms with Crippen molar-refractivity contribution in [3.8, 4) is 5.75 Å². The summed E-state index contributed by atoms with van der Waals surface area (Å²) >= 11 is 0. The lowest BCUT2D eigenvalue weighted by Gasteiger charge is -2.16. The largest absolute Gasteiger partial charge is 0.497 e. The number of hydrogen-bond donors (Lipinski definition) is 2. The average Bonchev–Trinajstić information content (AvgIpc) is 2.42. The summed E-state index contributed by atoms with van der Waals surface area (Å²) in [5.74, 6) is 0.805. The summed E-state index contributed by atoms with van der Waals surface area (Å²) in [6.07, 6.45) is 0. The van der Waals surface area contributed by atoms with Crippen LogP contribution in [0, 0.1) is 6.92 Å². The number of methoxy groups -OCH3 is 1. The normalized spacial score (nSPS) is 12.2. The van der Waals surface area contributed by atoms with Crippen molar-refractivity contribution in [2.24, 2.45) is 0 Å². The Bertz CT molecular complexity index is 491. The molecule has 0 saturated heterocycles. The first-order chi connectivity index (χ1) is 8.74. The standard InChI is InChI=1S/C15H17NO2/c1-11-3-5-12(6-4-11)15(16-17)13-7-9-14(18-2)10-8-13/h3-10,15-17H,1-2H3. The molecule has 0 aliphatic carbocycles. The highest BCUT2D eigenvalue weighted by molar-refractivity contribution is 5.36. The number of hydrogen-bond acceptors (Lipinski definition) is 3. The predicted octanol–water partition coefficient (Wildman–Crippen LogP) is 3.07. The Morgan fingerprint density at radius 3 is 1.89 bits per heavy atom. The summed E-state index contributed by atoms with van der Waals surface area (Å²) in [7, 11) is 1.64. The molecule has 1 unspecified atom stereocenters. The molecule has 0 aliphatic rings. The van der Waals surface area contributed by atoms with Gasteiger partial charge in [-0.25, -0.2) is 0 Å². The highest BCUT2D eigenvalue weighted by Gasteiger charge is 2.12. The molecule has 2 aromatic carbocycles. The van der Waals surface area contributed by atoms with Gasteiger partial charge in [-0.1, -0.05) is 42.0 Å². The third kappa shape index (κ3) is 2.70. The Morgan fingerprint density at radius 1 is 0.944 bits per heavy atom. The highest BCUT2D eigenvalue weighted by Crippen LogP contribution is 2.23. The molecule has 1 atom stereocenters. The number of nitrogens with one attached hydrogen (secondary N) is 1. The van der Waals surface area contributed by atoms with Crippen molar-refractivity contribution in [1.29, 1.82) is 0 Å². The Kier molecular flexibility index (Phi) is 3.97. The van der Waals surface area contributed by atoms with Crippen LogP contribution in [0.2, 0.25) is 0 Å². The van der Waals surface area contributed by atoms with Crippen LogP contribution >= 0.6 is 0 Å². The van der Waals surface area contributed by atoms with Gasteiger partial charge in [0.1, 0.15) is 5.75 Å². The predicted molar refractivity (Wildman–Crippen MR) is 70.9 cm³/mol. The van der Waals surface area contributed by atoms with Gasteiger partial charge in [0.15, 0.2) is 0 Å². The highest BCUT2D eigenvalue weighted by atomic mass is 16.5. The van der Waals surface area contributed by atoms with Crippen molar-refractivity contribution >= 4 is 0 Å². The lowest BCUT2D eigenvalue weighted by Crippen LogP contribution is -2.18. The SMILES string of the molecule is COc1ccc(C(NO)c2ccc(C)cc2)cc1. The van der Waals surface area contributed by atoms with Gasteiger partial charge in [0.25, 0.3) is 0 Å². The summed E-state index contributed by atoms with van der Waals surface area (Å²) in [6.45, 7) is 2.04. The molecule has 0 bridgehead atoms. The molecular weight excluding hydrogens is 226 g/mol. The second-order valence-corrected chi connectivity index (χ2v) is 4.25. The summed E-state index contributed by atoms with van der Waals surface area (Å²) in [6, 6.07) is 15.5. The van der Waals surface area contributed by atoms with Crippen LogP contribution in [0.5, 0.6) is 5.75 Å². The van der Waals surface area contributed by atoms with Crippen molar-refractivity contribution in [3.63, 3.8) is 0 Å². The fourth-order valence-electron chi connectivity index (χ4n) is 1.90. The van der Waals surface area contributed by atoms with E-state index in [1.54, 1.807) is 7.11 Å². The molecule has 0 fully saturated rings. The van der Waals surface area contributed by atoms with E-state index in [0.29, 0.717) is 0 Å². The topological polar surface area (TPSA) is 41.5 Å². The maximum atomic E-state index is 9.35. The van der Waals surface area contributed by atoms with E-state index >= 15 is 0 Å². The first-order valence-electron chi connectivity index (χ1n) is 5.84. The molecule has 0 spiro atoms. The summed E-state index contributed by atoms with van der Waals surface area (Å²) in [5, 5.41) is 9.35. The van der Waals surface area contributed by atoms with Crippen molar-refractivity contribution in [1.82, 2.24) is 5.48 Å². The van der Waals surface area contributed by atoms with Crippen LogP contribution in [0.25, 0.3) is 0 Å². The minimum absolute atomic E-state index is 0.225. The van der Waals surface area contributed by atoms with Crippen LogP contribution in [-0.4, -0.2) is 12.3 Å². The number of ether oxygens (including phenoxy) is 1. The van der Waals surface area contributed by atoms with Crippen LogP contribution in [0.15, 0.2) is 48.5 Å². The van der Waals surface area contributed by atoms with Gasteiger partial charge in [0.2, 0.25) is 0 Å². The van der Waals surface area contributed by atoms with Crippen molar-refractivity contribution in [2.75, 3.05) is 7.11 Å². The molecule has 0 amide bonds. The summed E-state index contributed by atoms with van der Waals surface area (Å²) < 4.78 is 5.12. The fourth-order valence-corrected chi connectivity index (χ4v) is 1.90. The first-order valence-corrected chi connectivity index (χ1v) is 5.84. The van der Waals surface area contributed by atoms with E-state index in [2.05, 4.69) is 5.48 Å². The zero-order valence-electron chi connectivity index (χ0n) is 10.6. The molecule has 2 N–H and O–H groups in total. The summed E-state index contributed by atoms with van der Waals surface area (Å²) in [5.41, 5.74) is 5.56. The number of hydroxylamine groups is 1. The minimum Gasteiger partial charge on any atom is -0.497 e. The monoisotopic (exact) mass is 243 g/mol. The van der Waals surface area contributed by atoms with E-state index in [9.17, 15) is 5.21 Å². The van der Waals surface area contributed by atoms with Crippen molar-refractivity contribution in [3.05, 3.63) is 65.2 Å². The molecule has 2 rings (SSSR count). The molecule has 0 saturated carbocycles. The van der Waals surface area contributed by atoms with E-state index in [0.717, 1.165) is 16.9 Å². The zero-order valence-corrected chi connectivity index (χ0v) is 10.6. The maximum absolute atomic E-state index is 9.35. The number of benzene rings is 2. The van der Waals surface area contributed by atoms with E-state index in [1.165, 1.54) is 5.56 Å². The van der Waals surface area contributed by atoms with Gasteiger partial charge >= 0.3 is 0 Å². The third-order valence-electron chi connectivity index (χ3n) is 2.99. The van der Waals surface area contributed by atoms with Gasteiger partial charge in [-0.2, -0.15) is 5.48 Å². The molecular formula is C15H17NO2. The van der Waals surface area contributed by atoms with Crippen LogP contribution in [-0.2, 0) is 0 Å². The lowest BCUT2D eigenvalue weighted by atomic mass is 9.98. The minimum atomic E-state index is -0.225. The van der Waals surface area contributed by atoms with E-state index < -0.39 is 0 Å². The summed E-state index contributed by atoms with van der Waals surface area (Å²) in [4.78, 5) is 0. The molecule has 0 aliphatic heterocycles. The molecule has 94 valence electrons. The molecule has 0 heterocycles. The molecule has 18 heavy (non-hydrogen) atoms. The third-order valence-corrected chi connectivity index (χ3v) is 2.99. The van der Waals surface area contributed by atoms with Crippen LogP contribution < -0.4 is 10.2 Å². The lowest BCUT2D eigenvalue weighted by molar-refractivity contribution is 0.141. The smallest absolute Gasteiger partial charge is 0.118 e. The van der Waals surface area contributed by atoms with Gasteiger partial charge in [0, 0.05) is 0 Å². The van der Waals surface area contributed by atoms with E-state index in [4.69, 9.17) is 4.74 Å². The Labute approximate surface area is 107 Å². The molecule has 3 nitrogen and oxygen atoms in total. The molecule has 0 radical (unpaired) electrons. The van der Waals surface area contributed by atoms with Gasteiger partial charge in [-0.15, -0.1) is 0 Å². The number of rotatable bonds is 4. The van der Waals surface area contributed by atoms with Crippen LogP contribution in [0.4, 0.5) is 0 Å². The van der Waals surface area contributed by atoms with Gasteiger partial charge in [-0.3, -0.25) is 0 Å². The fraction of sp³-hybridized carbons (Fsp3) is 0.200. The van der Waals surface area contributed by atoms with Crippen molar-refractivity contribution in [2.45, 2.75) is 13.0 Å². The molecule has 0 aromatic heterocycles. The quantitative estimate of drug-likeness (QED) is 0.811. The molecule has 3 heteroatoms. The first kappa shape index (κ1) is 12.6. The second kappa shape index (κ2) is 5.67. The second-order valence-electron chi connectivity index (χ2n) is 4.25. The van der Waals surface area contributed by atoms with Crippen LogP contribution in [0.1, 0.15) is 22.7 Å². The zero-order chi connectivity index (χ0) is 13.0. The molecule has 2 aromatic rings. The maximum Gasteiger partial charge on any atom is 0.118 e. The van der Waals surface area contributed by atoms with Gasteiger partial charge in [0.05, 0.1) is 13.2 Å². The average molecular weight is 243 g/mol. The van der Waals surface area contributed by atoms with E-state index in [1.807, 2.05) is 55.5 Å². The Balaban J connectivity index is 2.29. The van der Waals surface area contributed by atoms with Gasteiger partial charge in [-0.05, 0) is 30.2 Å². The van der Waals surface area contributed by atoms with Crippen LogP contribution in [0.3, 0.4) is 0 Å². The van der Waals surface area contributed by atoms with E-state index in [-0.39, 0.29) is 6.04 Å².